The van der Waals surface area contributed by atoms with Crippen molar-refractivity contribution in [3.63, 3.8) is 0 Å². The van der Waals surface area contributed by atoms with E-state index in [1.54, 1.807) is 30.3 Å². The highest BCUT2D eigenvalue weighted by Crippen LogP contribution is 2.27. The van der Waals surface area contributed by atoms with Gasteiger partial charge in [0.2, 0.25) is 5.91 Å². The van der Waals surface area contributed by atoms with Gasteiger partial charge in [0, 0.05) is 11.6 Å². The molecule has 0 saturated carbocycles. The number of methoxy groups -OCH3 is 1. The van der Waals surface area contributed by atoms with Gasteiger partial charge in [0.05, 0.1) is 17.7 Å². The molecule has 1 fully saturated rings. The molecule has 1 aliphatic rings. The number of carbonyl (C=O) groups excluding carboxylic acids is 1. The molecule has 9 heteroatoms. The van der Waals surface area contributed by atoms with Crippen molar-refractivity contribution in [2.24, 2.45) is 0 Å². The molecule has 0 aliphatic carbocycles. The molecule has 180 valence electrons. The molecule has 0 bridgehead atoms. The summed E-state index contributed by atoms with van der Waals surface area (Å²) in [5, 5.41) is 3.26. The molecule has 0 radical (unpaired) electrons. The summed E-state index contributed by atoms with van der Waals surface area (Å²) in [5.41, 5.74) is 0.332. The van der Waals surface area contributed by atoms with Crippen LogP contribution in [0.2, 0.25) is 5.02 Å². The number of nitrogens with zero attached hydrogens (tertiary/aromatic N) is 2. The summed E-state index contributed by atoms with van der Waals surface area (Å²) in [7, 11) is -2.48. The second-order valence-electron chi connectivity index (χ2n) is 8.13. The first-order valence-corrected chi connectivity index (χ1v) is 13.1. The van der Waals surface area contributed by atoms with Crippen molar-refractivity contribution in [2.75, 3.05) is 44.1 Å². The average molecular weight is 494 g/mol. The fraction of sp³-hybridized carbons (Fsp3) is 0.458. The molecule has 0 aromatic heterocycles. The molecule has 1 aliphatic heterocycles. The Kier molecular flexibility index (Phi) is 9.41. The lowest BCUT2D eigenvalue weighted by Gasteiger charge is -2.24. The van der Waals surface area contributed by atoms with Gasteiger partial charge in [-0.1, -0.05) is 30.5 Å². The van der Waals surface area contributed by atoms with E-state index in [0.717, 1.165) is 30.4 Å². The van der Waals surface area contributed by atoms with Crippen LogP contribution in [0.4, 0.5) is 5.69 Å². The summed E-state index contributed by atoms with van der Waals surface area (Å²) >= 11 is 6.11. The van der Waals surface area contributed by atoms with E-state index in [2.05, 4.69) is 10.2 Å². The van der Waals surface area contributed by atoms with Crippen molar-refractivity contribution in [3.05, 3.63) is 53.6 Å². The van der Waals surface area contributed by atoms with Gasteiger partial charge in [-0.25, -0.2) is 8.42 Å². The first kappa shape index (κ1) is 25.3. The van der Waals surface area contributed by atoms with Crippen LogP contribution in [0.1, 0.15) is 32.1 Å². The van der Waals surface area contributed by atoms with E-state index in [-0.39, 0.29) is 17.3 Å². The van der Waals surface area contributed by atoms with Gasteiger partial charge in [0.15, 0.2) is 0 Å². The number of rotatable bonds is 10. The Bertz CT molecular complexity index is 1010. The van der Waals surface area contributed by atoms with Gasteiger partial charge in [-0.2, -0.15) is 0 Å². The van der Waals surface area contributed by atoms with Crippen molar-refractivity contribution in [3.8, 4) is 5.75 Å². The summed E-state index contributed by atoms with van der Waals surface area (Å²) in [6.45, 7) is 3.31. The maximum Gasteiger partial charge on any atom is 0.264 e. The van der Waals surface area contributed by atoms with E-state index >= 15 is 0 Å². The van der Waals surface area contributed by atoms with Crippen LogP contribution >= 0.6 is 11.6 Å². The van der Waals surface area contributed by atoms with E-state index in [0.29, 0.717) is 23.0 Å². The van der Waals surface area contributed by atoms with Gasteiger partial charge in [0.25, 0.3) is 10.0 Å². The minimum atomic E-state index is -3.99. The van der Waals surface area contributed by atoms with Gasteiger partial charge in [-0.05, 0) is 81.4 Å². The van der Waals surface area contributed by atoms with E-state index < -0.39 is 10.0 Å². The fourth-order valence-electron chi connectivity index (χ4n) is 3.90. The number of anilines is 1. The van der Waals surface area contributed by atoms with E-state index in [9.17, 15) is 13.2 Å². The number of sulfonamides is 1. The molecule has 3 rings (SSSR count). The van der Waals surface area contributed by atoms with Crippen molar-refractivity contribution < 1.29 is 17.9 Å². The SMILES string of the molecule is COc1ccc(S(=O)(=O)N(CC(=O)NCCCN2CCCCCC2)c2cccc(Cl)c2)cc1. The van der Waals surface area contributed by atoms with E-state index in [1.165, 1.54) is 51.0 Å². The van der Waals surface area contributed by atoms with Crippen LogP contribution in [0.25, 0.3) is 0 Å². The second-order valence-corrected chi connectivity index (χ2v) is 10.4. The fourth-order valence-corrected chi connectivity index (χ4v) is 5.50. The topological polar surface area (TPSA) is 79.0 Å². The zero-order valence-corrected chi connectivity index (χ0v) is 20.6. The molecule has 1 N–H and O–H groups in total. The molecule has 1 saturated heterocycles. The Morgan fingerprint density at radius 3 is 2.42 bits per heavy atom. The Balaban J connectivity index is 1.67. The maximum atomic E-state index is 13.4. The third-order valence-corrected chi connectivity index (χ3v) is 7.73. The van der Waals surface area contributed by atoms with Crippen LogP contribution in [0, 0.1) is 0 Å². The number of carbonyl (C=O) groups is 1. The summed E-state index contributed by atoms with van der Waals surface area (Å²) in [6, 6.07) is 12.6. The van der Waals surface area contributed by atoms with Gasteiger partial charge in [0.1, 0.15) is 12.3 Å². The van der Waals surface area contributed by atoms with Gasteiger partial charge in [-0.3, -0.25) is 9.10 Å². The van der Waals surface area contributed by atoms with E-state index in [1.807, 2.05) is 0 Å². The number of benzene rings is 2. The number of likely N-dealkylation sites (tertiary alicyclic amines) is 1. The summed E-state index contributed by atoms with van der Waals surface area (Å²) in [6.07, 6.45) is 5.85. The van der Waals surface area contributed by atoms with Crippen LogP contribution in [0.5, 0.6) is 5.75 Å². The molecular weight excluding hydrogens is 462 g/mol. The standard InChI is InChI=1S/C24H32ClN3O4S/c1-32-22-10-12-23(13-11-22)33(30,31)28(21-9-6-8-20(25)18-21)19-24(29)26-14-7-17-27-15-4-2-3-5-16-27/h6,8-13,18H,2-5,7,14-17,19H2,1H3,(H,26,29). The van der Waals surface area contributed by atoms with Gasteiger partial charge >= 0.3 is 0 Å². The van der Waals surface area contributed by atoms with Gasteiger partial charge < -0.3 is 15.0 Å². The summed E-state index contributed by atoms with van der Waals surface area (Å²) in [4.78, 5) is 15.2. The van der Waals surface area contributed by atoms with E-state index in [4.69, 9.17) is 16.3 Å². The molecule has 0 unspecified atom stereocenters. The molecule has 1 heterocycles. The molecule has 2 aromatic carbocycles. The number of halogens is 1. The zero-order chi connectivity index (χ0) is 23.7. The van der Waals surface area contributed by atoms with Crippen molar-refractivity contribution in [1.82, 2.24) is 10.2 Å². The predicted octanol–water partition coefficient (Wildman–Crippen LogP) is 3.93. The van der Waals surface area contributed by atoms with Crippen LogP contribution in [-0.2, 0) is 14.8 Å². The first-order valence-electron chi connectivity index (χ1n) is 11.3. The zero-order valence-electron chi connectivity index (χ0n) is 19.0. The summed E-state index contributed by atoms with van der Waals surface area (Å²) in [5.74, 6) is 0.188. The van der Waals surface area contributed by atoms with Crippen molar-refractivity contribution in [1.29, 1.82) is 0 Å². The maximum absolute atomic E-state index is 13.4. The third kappa shape index (κ3) is 7.35. The average Bonchev–Trinajstić information content (AvgIpc) is 3.09. The van der Waals surface area contributed by atoms with Crippen LogP contribution in [0.3, 0.4) is 0 Å². The highest BCUT2D eigenvalue weighted by molar-refractivity contribution is 7.92. The number of hydrogen-bond acceptors (Lipinski definition) is 5. The number of ether oxygens (including phenoxy) is 1. The number of hydrogen-bond donors (Lipinski definition) is 1. The largest absolute Gasteiger partial charge is 0.497 e. The lowest BCUT2D eigenvalue weighted by atomic mass is 10.2. The quantitative estimate of drug-likeness (QED) is 0.507. The normalized spacial score (nSPS) is 15.0. The Morgan fingerprint density at radius 2 is 1.79 bits per heavy atom. The van der Waals surface area contributed by atoms with Crippen LogP contribution in [0.15, 0.2) is 53.4 Å². The van der Waals surface area contributed by atoms with Gasteiger partial charge in [-0.15, -0.1) is 0 Å². The number of amides is 1. The lowest BCUT2D eigenvalue weighted by molar-refractivity contribution is -0.119. The molecule has 33 heavy (non-hydrogen) atoms. The Hall–Kier alpha value is -2.29. The highest BCUT2D eigenvalue weighted by atomic mass is 35.5. The molecule has 0 atom stereocenters. The highest BCUT2D eigenvalue weighted by Gasteiger charge is 2.27. The first-order chi connectivity index (χ1) is 15.9. The summed E-state index contributed by atoms with van der Waals surface area (Å²) < 4.78 is 33.0. The molecular formula is C24H32ClN3O4S. The Labute approximate surface area is 201 Å². The minimum absolute atomic E-state index is 0.0669. The second kappa shape index (κ2) is 12.3. The smallest absolute Gasteiger partial charge is 0.264 e. The van der Waals surface area contributed by atoms with Crippen LogP contribution < -0.4 is 14.4 Å². The van der Waals surface area contributed by atoms with Crippen molar-refractivity contribution in [2.45, 2.75) is 37.0 Å². The van der Waals surface area contributed by atoms with Crippen molar-refractivity contribution >= 4 is 33.2 Å². The molecule has 1 amide bonds. The Morgan fingerprint density at radius 1 is 1.09 bits per heavy atom. The monoisotopic (exact) mass is 493 g/mol. The molecule has 7 nitrogen and oxygen atoms in total. The minimum Gasteiger partial charge on any atom is -0.497 e. The third-order valence-electron chi connectivity index (χ3n) is 5.70. The lowest BCUT2D eigenvalue weighted by Crippen LogP contribution is -2.41. The molecule has 0 spiro atoms. The van der Waals surface area contributed by atoms with Crippen LogP contribution in [-0.4, -0.2) is 59.1 Å². The molecule has 2 aromatic rings. The number of nitrogens with one attached hydrogen (secondary N) is 1. The predicted molar refractivity (Wildman–Crippen MR) is 132 cm³/mol.